The molecule has 1 aromatic rings. The summed E-state index contributed by atoms with van der Waals surface area (Å²) in [5, 5.41) is 0. The van der Waals surface area contributed by atoms with Gasteiger partial charge in [-0.1, -0.05) is 44.8 Å². The Bertz CT molecular complexity index is 279. The topological polar surface area (TPSA) is 26.0 Å². The zero-order chi connectivity index (χ0) is 10.6. The Hall–Kier alpha value is 0.140. The Morgan fingerprint density at radius 3 is 2.36 bits per heavy atom. The molecule has 0 bridgehead atoms. The zero-order valence-electron chi connectivity index (χ0n) is 8.26. The van der Waals surface area contributed by atoms with Crippen LogP contribution in [0.1, 0.15) is 25.3 Å². The van der Waals surface area contributed by atoms with Gasteiger partial charge in [0.05, 0.1) is 0 Å². The van der Waals surface area contributed by atoms with E-state index >= 15 is 0 Å². The molecule has 1 rings (SSSR count). The molecule has 2 N–H and O–H groups in total. The molecule has 0 aliphatic heterocycles. The molecule has 0 radical (unpaired) electrons. The van der Waals surface area contributed by atoms with Gasteiger partial charge < -0.3 is 5.73 Å². The highest BCUT2D eigenvalue weighted by Gasteiger charge is 2.06. The summed E-state index contributed by atoms with van der Waals surface area (Å²) in [7, 11) is 0. The fraction of sp³-hybridized carbons (Fsp3) is 0.455. The summed E-state index contributed by atoms with van der Waals surface area (Å²) < 4.78 is 2.32. The summed E-state index contributed by atoms with van der Waals surface area (Å²) in [4.78, 5) is 0. The Morgan fingerprint density at radius 2 is 1.86 bits per heavy atom. The van der Waals surface area contributed by atoms with Crippen LogP contribution >= 0.6 is 31.9 Å². The van der Waals surface area contributed by atoms with E-state index in [1.54, 1.807) is 0 Å². The van der Waals surface area contributed by atoms with Crippen LogP contribution < -0.4 is 5.73 Å². The Kier molecular flexibility index (Phi) is 5.13. The van der Waals surface area contributed by atoms with Gasteiger partial charge in [0, 0.05) is 15.0 Å². The van der Waals surface area contributed by atoms with Crippen molar-refractivity contribution in [1.29, 1.82) is 0 Å². The molecule has 0 aliphatic carbocycles. The van der Waals surface area contributed by atoms with E-state index in [-0.39, 0.29) is 0 Å². The molecule has 14 heavy (non-hydrogen) atoms. The van der Waals surface area contributed by atoms with Gasteiger partial charge in [-0.05, 0) is 37.0 Å². The molecule has 78 valence electrons. The smallest absolute Gasteiger partial charge is 0.0218 e. The van der Waals surface area contributed by atoms with Crippen LogP contribution in [0.4, 0.5) is 0 Å². The SMILES string of the molecule is CCC(N)CCc1c(Br)cccc1Br. The van der Waals surface area contributed by atoms with Crippen molar-refractivity contribution in [1.82, 2.24) is 0 Å². The van der Waals surface area contributed by atoms with Crippen molar-refractivity contribution in [2.45, 2.75) is 32.2 Å². The van der Waals surface area contributed by atoms with Crippen molar-refractivity contribution in [3.05, 3.63) is 32.7 Å². The average molecular weight is 321 g/mol. The Balaban J connectivity index is 2.66. The molecule has 1 nitrogen and oxygen atoms in total. The van der Waals surface area contributed by atoms with E-state index in [9.17, 15) is 0 Å². The van der Waals surface area contributed by atoms with Gasteiger partial charge in [-0.2, -0.15) is 0 Å². The van der Waals surface area contributed by atoms with Gasteiger partial charge in [0.1, 0.15) is 0 Å². The molecule has 0 aromatic heterocycles. The molecular formula is C11H15Br2N. The van der Waals surface area contributed by atoms with Crippen LogP contribution in [0.15, 0.2) is 27.1 Å². The van der Waals surface area contributed by atoms with Crippen LogP contribution in [0.3, 0.4) is 0 Å². The van der Waals surface area contributed by atoms with E-state index in [0.717, 1.165) is 28.2 Å². The maximum absolute atomic E-state index is 5.89. The van der Waals surface area contributed by atoms with Crippen molar-refractivity contribution < 1.29 is 0 Å². The van der Waals surface area contributed by atoms with Crippen LogP contribution in [0.5, 0.6) is 0 Å². The summed E-state index contributed by atoms with van der Waals surface area (Å²) in [5.41, 5.74) is 7.21. The predicted molar refractivity (Wildman–Crippen MR) is 68.4 cm³/mol. The second-order valence-electron chi connectivity index (χ2n) is 3.41. The monoisotopic (exact) mass is 319 g/mol. The minimum Gasteiger partial charge on any atom is -0.328 e. The van der Waals surface area contributed by atoms with Crippen molar-refractivity contribution in [2.75, 3.05) is 0 Å². The number of rotatable bonds is 4. The lowest BCUT2D eigenvalue weighted by molar-refractivity contribution is 0.595. The van der Waals surface area contributed by atoms with Crippen molar-refractivity contribution in [3.63, 3.8) is 0 Å². The summed E-state index contributed by atoms with van der Waals surface area (Å²) in [6, 6.07) is 6.47. The lowest BCUT2D eigenvalue weighted by atomic mass is 10.0. The molecule has 3 heteroatoms. The first-order valence-corrected chi connectivity index (χ1v) is 6.42. The second-order valence-corrected chi connectivity index (χ2v) is 5.12. The second kappa shape index (κ2) is 5.89. The van der Waals surface area contributed by atoms with Crippen molar-refractivity contribution in [3.8, 4) is 0 Å². The number of hydrogen-bond acceptors (Lipinski definition) is 1. The number of halogens is 2. The molecule has 0 saturated carbocycles. The standard InChI is InChI=1S/C11H15Br2N/c1-2-8(14)6-7-9-10(12)4-3-5-11(9)13/h3-5,8H,2,6-7,14H2,1H3. The summed E-state index contributed by atoms with van der Waals surface area (Å²) in [5.74, 6) is 0. The Morgan fingerprint density at radius 1 is 1.29 bits per heavy atom. The molecule has 0 aliphatic rings. The maximum Gasteiger partial charge on any atom is 0.0218 e. The first-order valence-electron chi connectivity index (χ1n) is 4.83. The van der Waals surface area contributed by atoms with Gasteiger partial charge in [0.25, 0.3) is 0 Å². The first kappa shape index (κ1) is 12.2. The molecule has 1 atom stereocenters. The molecule has 0 fully saturated rings. The number of benzene rings is 1. The summed E-state index contributed by atoms with van der Waals surface area (Å²) in [6.45, 7) is 2.12. The normalized spacial score (nSPS) is 12.9. The molecule has 0 saturated heterocycles. The third-order valence-corrected chi connectivity index (χ3v) is 3.84. The van der Waals surface area contributed by atoms with E-state index in [1.807, 2.05) is 6.07 Å². The summed E-state index contributed by atoms with van der Waals surface area (Å²) >= 11 is 7.10. The fourth-order valence-corrected chi connectivity index (χ4v) is 2.70. The van der Waals surface area contributed by atoms with Crippen LogP contribution in [0.25, 0.3) is 0 Å². The van der Waals surface area contributed by atoms with Gasteiger partial charge in [-0.25, -0.2) is 0 Å². The van der Waals surface area contributed by atoms with E-state index in [4.69, 9.17) is 5.73 Å². The third kappa shape index (κ3) is 3.37. The number of nitrogens with two attached hydrogens (primary N) is 1. The van der Waals surface area contributed by atoms with Gasteiger partial charge in [-0.15, -0.1) is 0 Å². The fourth-order valence-electron chi connectivity index (χ4n) is 1.31. The highest BCUT2D eigenvalue weighted by molar-refractivity contribution is 9.11. The van der Waals surface area contributed by atoms with Gasteiger partial charge in [0.15, 0.2) is 0 Å². The van der Waals surface area contributed by atoms with Crippen LogP contribution in [-0.2, 0) is 6.42 Å². The van der Waals surface area contributed by atoms with Gasteiger partial charge >= 0.3 is 0 Å². The van der Waals surface area contributed by atoms with E-state index < -0.39 is 0 Å². The molecule has 0 heterocycles. The van der Waals surface area contributed by atoms with Crippen LogP contribution in [0, 0.1) is 0 Å². The quantitative estimate of drug-likeness (QED) is 0.895. The Labute approximate surface area is 102 Å². The third-order valence-electron chi connectivity index (χ3n) is 2.35. The van der Waals surface area contributed by atoms with Crippen molar-refractivity contribution in [2.24, 2.45) is 5.73 Å². The van der Waals surface area contributed by atoms with Gasteiger partial charge in [0.2, 0.25) is 0 Å². The zero-order valence-corrected chi connectivity index (χ0v) is 11.4. The lowest BCUT2D eigenvalue weighted by Crippen LogP contribution is -2.19. The molecule has 1 unspecified atom stereocenters. The predicted octanol–water partition coefficient (Wildman–Crippen LogP) is 3.88. The van der Waals surface area contributed by atoms with Crippen molar-refractivity contribution >= 4 is 31.9 Å². The lowest BCUT2D eigenvalue weighted by Gasteiger charge is -2.10. The minimum atomic E-state index is 0.314. The molecule has 0 spiro atoms. The summed E-state index contributed by atoms with van der Waals surface area (Å²) in [6.07, 6.45) is 3.11. The largest absolute Gasteiger partial charge is 0.328 e. The van der Waals surface area contributed by atoms with E-state index in [1.165, 1.54) is 5.56 Å². The highest BCUT2D eigenvalue weighted by atomic mass is 79.9. The average Bonchev–Trinajstić information content (AvgIpc) is 2.16. The van der Waals surface area contributed by atoms with Gasteiger partial charge in [-0.3, -0.25) is 0 Å². The van der Waals surface area contributed by atoms with E-state index in [2.05, 4.69) is 50.9 Å². The molecule has 0 amide bonds. The first-order chi connectivity index (χ1) is 6.65. The molecule has 1 aromatic carbocycles. The number of hydrogen-bond donors (Lipinski definition) is 1. The van der Waals surface area contributed by atoms with E-state index in [0.29, 0.717) is 6.04 Å². The maximum atomic E-state index is 5.89. The van der Waals surface area contributed by atoms with Crippen LogP contribution in [-0.4, -0.2) is 6.04 Å². The van der Waals surface area contributed by atoms with Crippen LogP contribution in [0.2, 0.25) is 0 Å². The highest BCUT2D eigenvalue weighted by Crippen LogP contribution is 2.26. The minimum absolute atomic E-state index is 0.314. The molecular weight excluding hydrogens is 306 g/mol.